The molecule has 0 atom stereocenters. The van der Waals surface area contributed by atoms with Gasteiger partial charge in [0.2, 0.25) is 0 Å². The van der Waals surface area contributed by atoms with E-state index in [0.29, 0.717) is 16.9 Å². The zero-order chi connectivity index (χ0) is 14.4. The fourth-order valence-electron chi connectivity index (χ4n) is 2.81. The Hall–Kier alpha value is -0.900. The molecule has 1 amide bonds. The summed E-state index contributed by atoms with van der Waals surface area (Å²) in [6, 6.07) is 4.47. The molecule has 0 saturated heterocycles. The number of rotatable bonds is 3. The molecule has 0 unspecified atom stereocenters. The number of halogens is 2. The molecule has 2 nitrogen and oxygen atoms in total. The van der Waals surface area contributed by atoms with Gasteiger partial charge in [-0.05, 0) is 34.9 Å². The van der Waals surface area contributed by atoms with Crippen molar-refractivity contribution in [3.63, 3.8) is 0 Å². The van der Waals surface area contributed by atoms with Crippen LogP contribution in [0.3, 0.4) is 0 Å². The second-order valence-corrected chi connectivity index (χ2v) is 7.25. The molecule has 1 N–H and O–H groups in total. The maximum atomic E-state index is 13.7. The molecule has 1 aromatic carbocycles. The Morgan fingerprint density at radius 2 is 1.89 bits per heavy atom. The van der Waals surface area contributed by atoms with Gasteiger partial charge in [0.25, 0.3) is 5.91 Å². The second-order valence-electron chi connectivity index (χ2n) is 6.33. The van der Waals surface area contributed by atoms with Gasteiger partial charge in [0.1, 0.15) is 5.82 Å². The minimum Gasteiger partial charge on any atom is -0.352 e. The first-order chi connectivity index (χ1) is 8.68. The van der Waals surface area contributed by atoms with Crippen molar-refractivity contribution < 1.29 is 9.18 Å². The van der Waals surface area contributed by atoms with Crippen molar-refractivity contribution in [1.82, 2.24) is 5.32 Å². The summed E-state index contributed by atoms with van der Waals surface area (Å²) in [6.07, 6.45) is 0. The molecule has 0 bridgehead atoms. The molecular formula is C15H19BrFNO. The number of nitrogens with one attached hydrogen (secondary N) is 1. The van der Waals surface area contributed by atoms with E-state index >= 15 is 0 Å². The van der Waals surface area contributed by atoms with Gasteiger partial charge < -0.3 is 5.32 Å². The standard InChI is InChI=1S/C15H19BrFNO/c1-14(2)12(15(14,3)4)8-18-13(19)10-6-5-9(16)7-11(10)17/h5-7,12H,8H2,1-4H3,(H,18,19). The average Bonchev–Trinajstić information content (AvgIpc) is 2.66. The van der Waals surface area contributed by atoms with Crippen LogP contribution in [0.2, 0.25) is 0 Å². The fraction of sp³-hybridized carbons (Fsp3) is 0.533. The van der Waals surface area contributed by atoms with E-state index in [4.69, 9.17) is 0 Å². The topological polar surface area (TPSA) is 29.1 Å². The summed E-state index contributed by atoms with van der Waals surface area (Å²) in [7, 11) is 0. The Bertz CT molecular complexity index is 511. The van der Waals surface area contributed by atoms with Gasteiger partial charge in [0, 0.05) is 11.0 Å². The van der Waals surface area contributed by atoms with E-state index in [1.807, 2.05) is 0 Å². The first-order valence-electron chi connectivity index (χ1n) is 6.41. The Kier molecular flexibility index (Phi) is 3.50. The number of carbonyl (C=O) groups is 1. The smallest absolute Gasteiger partial charge is 0.254 e. The van der Waals surface area contributed by atoms with Crippen LogP contribution in [-0.4, -0.2) is 12.5 Å². The van der Waals surface area contributed by atoms with Gasteiger partial charge in [-0.25, -0.2) is 4.39 Å². The summed E-state index contributed by atoms with van der Waals surface area (Å²) in [5.74, 6) is -0.410. The lowest BCUT2D eigenvalue weighted by Crippen LogP contribution is -2.27. The van der Waals surface area contributed by atoms with Gasteiger partial charge >= 0.3 is 0 Å². The van der Waals surface area contributed by atoms with Gasteiger partial charge in [0.15, 0.2) is 0 Å². The van der Waals surface area contributed by atoms with Crippen molar-refractivity contribution in [2.75, 3.05) is 6.54 Å². The van der Waals surface area contributed by atoms with E-state index in [0.717, 1.165) is 0 Å². The van der Waals surface area contributed by atoms with E-state index < -0.39 is 5.82 Å². The minimum absolute atomic E-state index is 0.0967. The molecule has 4 heteroatoms. The van der Waals surface area contributed by atoms with Crippen molar-refractivity contribution in [2.24, 2.45) is 16.7 Å². The monoisotopic (exact) mass is 327 g/mol. The molecule has 0 heterocycles. The molecule has 19 heavy (non-hydrogen) atoms. The Balaban J connectivity index is 2.00. The van der Waals surface area contributed by atoms with Crippen molar-refractivity contribution in [1.29, 1.82) is 0 Å². The van der Waals surface area contributed by atoms with E-state index in [1.54, 1.807) is 6.07 Å². The number of hydrogen-bond donors (Lipinski definition) is 1. The summed E-state index contributed by atoms with van der Waals surface area (Å²) >= 11 is 3.18. The van der Waals surface area contributed by atoms with Gasteiger partial charge in [-0.15, -0.1) is 0 Å². The van der Waals surface area contributed by atoms with Crippen molar-refractivity contribution in [2.45, 2.75) is 27.7 Å². The zero-order valence-electron chi connectivity index (χ0n) is 11.7. The van der Waals surface area contributed by atoms with Gasteiger partial charge in [-0.1, -0.05) is 43.6 Å². The highest BCUT2D eigenvalue weighted by Gasteiger charge is 2.64. The molecular weight excluding hydrogens is 309 g/mol. The molecule has 1 aliphatic carbocycles. The lowest BCUT2D eigenvalue weighted by atomic mass is 10.0. The van der Waals surface area contributed by atoms with Crippen molar-refractivity contribution >= 4 is 21.8 Å². The summed E-state index contributed by atoms with van der Waals surface area (Å²) < 4.78 is 14.3. The SMILES string of the molecule is CC1(C)C(CNC(=O)c2ccc(Br)cc2F)C1(C)C. The van der Waals surface area contributed by atoms with Gasteiger partial charge in [0.05, 0.1) is 5.56 Å². The van der Waals surface area contributed by atoms with Gasteiger partial charge in [-0.3, -0.25) is 4.79 Å². The first-order valence-corrected chi connectivity index (χ1v) is 7.20. The molecule has 0 aromatic heterocycles. The molecule has 1 aliphatic rings. The summed E-state index contributed by atoms with van der Waals surface area (Å²) in [6.45, 7) is 9.39. The molecule has 2 rings (SSSR count). The Morgan fingerprint density at radius 3 is 2.37 bits per heavy atom. The highest BCUT2D eigenvalue weighted by atomic mass is 79.9. The lowest BCUT2D eigenvalue weighted by molar-refractivity contribution is 0.0946. The number of hydrogen-bond acceptors (Lipinski definition) is 1. The van der Waals surface area contributed by atoms with E-state index in [2.05, 4.69) is 48.9 Å². The highest BCUT2D eigenvalue weighted by molar-refractivity contribution is 9.10. The molecule has 1 fully saturated rings. The van der Waals surface area contributed by atoms with Crippen LogP contribution in [0.15, 0.2) is 22.7 Å². The maximum absolute atomic E-state index is 13.7. The summed E-state index contributed by atoms with van der Waals surface area (Å²) in [4.78, 5) is 12.0. The van der Waals surface area contributed by atoms with Crippen LogP contribution in [0.1, 0.15) is 38.1 Å². The third-order valence-electron chi connectivity index (χ3n) is 4.96. The normalized spacial score (nSPS) is 20.1. The number of amides is 1. The van der Waals surface area contributed by atoms with Crippen LogP contribution in [0.4, 0.5) is 4.39 Å². The van der Waals surface area contributed by atoms with Crippen LogP contribution >= 0.6 is 15.9 Å². The summed E-state index contributed by atoms with van der Waals surface area (Å²) in [5, 5.41) is 2.84. The van der Waals surface area contributed by atoms with Crippen LogP contribution in [0, 0.1) is 22.6 Å². The molecule has 1 saturated carbocycles. The van der Waals surface area contributed by atoms with E-state index in [9.17, 15) is 9.18 Å². The van der Waals surface area contributed by atoms with E-state index in [-0.39, 0.29) is 22.3 Å². The zero-order valence-corrected chi connectivity index (χ0v) is 13.3. The van der Waals surface area contributed by atoms with Gasteiger partial charge in [-0.2, -0.15) is 0 Å². The fourth-order valence-corrected chi connectivity index (χ4v) is 3.14. The predicted molar refractivity (Wildman–Crippen MR) is 77.5 cm³/mol. The first kappa shape index (κ1) is 14.5. The van der Waals surface area contributed by atoms with Crippen LogP contribution in [0.5, 0.6) is 0 Å². The van der Waals surface area contributed by atoms with Crippen molar-refractivity contribution in [3.05, 3.63) is 34.1 Å². The third-order valence-corrected chi connectivity index (χ3v) is 5.46. The predicted octanol–water partition coefficient (Wildman–Crippen LogP) is 4.00. The summed E-state index contributed by atoms with van der Waals surface area (Å²) in [5.41, 5.74) is 0.538. The average molecular weight is 328 g/mol. The van der Waals surface area contributed by atoms with Crippen LogP contribution < -0.4 is 5.32 Å². The maximum Gasteiger partial charge on any atom is 0.254 e. The largest absolute Gasteiger partial charge is 0.352 e. The van der Waals surface area contributed by atoms with E-state index in [1.165, 1.54) is 12.1 Å². The minimum atomic E-state index is -0.499. The lowest BCUT2D eigenvalue weighted by Gasteiger charge is -2.07. The molecule has 1 aromatic rings. The van der Waals surface area contributed by atoms with Crippen LogP contribution in [-0.2, 0) is 0 Å². The Morgan fingerprint density at radius 1 is 1.32 bits per heavy atom. The second kappa shape index (κ2) is 4.58. The van der Waals surface area contributed by atoms with Crippen LogP contribution in [0.25, 0.3) is 0 Å². The number of carbonyl (C=O) groups excluding carboxylic acids is 1. The quantitative estimate of drug-likeness (QED) is 0.893. The number of benzene rings is 1. The third kappa shape index (κ3) is 2.42. The molecule has 104 valence electrons. The molecule has 0 radical (unpaired) electrons. The van der Waals surface area contributed by atoms with Crippen molar-refractivity contribution in [3.8, 4) is 0 Å². The molecule has 0 spiro atoms. The highest BCUT2D eigenvalue weighted by Crippen LogP contribution is 2.67. The molecule has 0 aliphatic heterocycles. The Labute approximate surface area is 121 Å².